The summed E-state index contributed by atoms with van der Waals surface area (Å²) in [7, 11) is 1.49. The summed E-state index contributed by atoms with van der Waals surface area (Å²) in [5.41, 5.74) is 0.652. The Bertz CT molecular complexity index is 770. The van der Waals surface area contributed by atoms with Crippen LogP contribution in [0.4, 0.5) is 0 Å². The quantitative estimate of drug-likeness (QED) is 0.934. The Morgan fingerprint density at radius 3 is 2.35 bits per heavy atom. The van der Waals surface area contributed by atoms with Gasteiger partial charge < -0.3 is 14.5 Å². The third kappa shape index (κ3) is 2.74. The molecule has 0 unspecified atom stereocenters. The summed E-state index contributed by atoms with van der Waals surface area (Å²) in [6, 6.07) is 3.51. The van der Waals surface area contributed by atoms with Crippen molar-refractivity contribution in [3.8, 4) is 5.82 Å². The number of hydrogen-bond donors (Lipinski definition) is 1. The number of aromatic nitrogens is 2. The number of carboxylic acid groups (broad SMARTS) is 1. The van der Waals surface area contributed by atoms with Gasteiger partial charge in [-0.25, -0.2) is 4.79 Å². The molecule has 1 N–H and O–H groups in total. The van der Waals surface area contributed by atoms with Crippen molar-refractivity contribution in [3.63, 3.8) is 0 Å². The van der Waals surface area contributed by atoms with Crippen molar-refractivity contribution in [1.29, 1.82) is 0 Å². The summed E-state index contributed by atoms with van der Waals surface area (Å²) >= 11 is 0. The van der Waals surface area contributed by atoms with Crippen LogP contribution >= 0.6 is 0 Å². The van der Waals surface area contributed by atoms with E-state index in [-0.39, 0.29) is 5.91 Å². The molecule has 7 heteroatoms. The van der Waals surface area contributed by atoms with Crippen LogP contribution in [0.15, 0.2) is 16.7 Å². The Labute approximate surface area is 134 Å². The Balaban J connectivity index is 2.46. The van der Waals surface area contributed by atoms with Crippen molar-refractivity contribution in [1.82, 2.24) is 14.6 Å². The fourth-order valence-corrected chi connectivity index (χ4v) is 2.37. The predicted octanol–water partition coefficient (Wildman–Crippen LogP) is 2.33. The molecule has 0 aliphatic carbocycles. The van der Waals surface area contributed by atoms with Crippen LogP contribution in [0.25, 0.3) is 5.82 Å². The fraction of sp³-hybridized carbons (Fsp3) is 0.438. The van der Waals surface area contributed by atoms with Gasteiger partial charge in [0.15, 0.2) is 5.82 Å². The van der Waals surface area contributed by atoms with Gasteiger partial charge in [0, 0.05) is 24.5 Å². The summed E-state index contributed by atoms with van der Waals surface area (Å²) in [6.45, 7) is 8.43. The number of rotatable bonds is 4. The lowest BCUT2D eigenvalue weighted by atomic mass is 10.0. The van der Waals surface area contributed by atoms with E-state index in [1.165, 1.54) is 25.8 Å². The van der Waals surface area contributed by atoms with Gasteiger partial charge in [-0.15, -0.1) is 0 Å². The molecule has 0 spiro atoms. The van der Waals surface area contributed by atoms with Gasteiger partial charge in [0.25, 0.3) is 5.91 Å². The number of aryl methyl sites for hydroxylation is 2. The van der Waals surface area contributed by atoms with Crippen molar-refractivity contribution < 1.29 is 19.2 Å². The molecule has 23 heavy (non-hydrogen) atoms. The van der Waals surface area contributed by atoms with Crippen LogP contribution in [0.3, 0.4) is 0 Å². The Morgan fingerprint density at radius 2 is 1.87 bits per heavy atom. The topological polar surface area (TPSA) is 88.6 Å². The van der Waals surface area contributed by atoms with Gasteiger partial charge >= 0.3 is 5.97 Å². The molecular formula is C16H21N3O4. The zero-order chi connectivity index (χ0) is 17.5. The highest BCUT2D eigenvalue weighted by atomic mass is 16.5. The van der Waals surface area contributed by atoms with E-state index in [2.05, 4.69) is 5.16 Å². The first kappa shape index (κ1) is 16.8. The van der Waals surface area contributed by atoms with Crippen LogP contribution in [0.1, 0.15) is 41.4 Å². The second-order valence-electron chi connectivity index (χ2n) is 6.14. The fourth-order valence-electron chi connectivity index (χ4n) is 2.37. The average Bonchev–Trinajstić information content (AvgIpc) is 3.00. The van der Waals surface area contributed by atoms with E-state index >= 15 is 0 Å². The smallest absolute Gasteiger partial charge is 0.329 e. The van der Waals surface area contributed by atoms with Crippen LogP contribution in [0.2, 0.25) is 0 Å². The van der Waals surface area contributed by atoms with Gasteiger partial charge in [0.05, 0.1) is 5.56 Å². The van der Waals surface area contributed by atoms with Crippen molar-refractivity contribution in [2.24, 2.45) is 0 Å². The van der Waals surface area contributed by atoms with E-state index in [1.54, 1.807) is 26.0 Å². The van der Waals surface area contributed by atoms with Crippen LogP contribution in [0.5, 0.6) is 0 Å². The molecule has 2 aromatic heterocycles. The molecule has 0 radical (unpaired) electrons. The lowest BCUT2D eigenvalue weighted by Gasteiger charge is -2.31. The molecule has 0 saturated heterocycles. The summed E-state index contributed by atoms with van der Waals surface area (Å²) in [5, 5.41) is 13.3. The first-order valence-electron chi connectivity index (χ1n) is 7.21. The van der Waals surface area contributed by atoms with E-state index in [1.807, 2.05) is 11.5 Å². The minimum absolute atomic E-state index is 0.350. The molecule has 0 aliphatic heterocycles. The maximum atomic E-state index is 12.7. The number of nitrogens with zero attached hydrogens (tertiary/aromatic N) is 3. The summed E-state index contributed by atoms with van der Waals surface area (Å²) in [6.07, 6.45) is 0. The molecule has 2 aromatic rings. The van der Waals surface area contributed by atoms with E-state index in [9.17, 15) is 14.7 Å². The maximum absolute atomic E-state index is 12.7. The molecule has 0 fully saturated rings. The Kier molecular flexibility index (Phi) is 4.07. The lowest BCUT2D eigenvalue weighted by Crippen LogP contribution is -2.50. The Morgan fingerprint density at radius 1 is 1.26 bits per heavy atom. The first-order chi connectivity index (χ1) is 10.6. The average molecular weight is 319 g/mol. The minimum atomic E-state index is -1.30. The monoisotopic (exact) mass is 319 g/mol. The van der Waals surface area contributed by atoms with E-state index in [4.69, 9.17) is 4.52 Å². The second kappa shape index (κ2) is 5.57. The van der Waals surface area contributed by atoms with Gasteiger partial charge in [-0.3, -0.25) is 9.36 Å². The van der Waals surface area contributed by atoms with E-state index < -0.39 is 11.5 Å². The molecule has 7 nitrogen and oxygen atoms in total. The summed E-state index contributed by atoms with van der Waals surface area (Å²) in [4.78, 5) is 25.3. The molecule has 0 saturated carbocycles. The second-order valence-corrected chi connectivity index (χ2v) is 6.14. The number of hydrogen-bond acceptors (Lipinski definition) is 4. The van der Waals surface area contributed by atoms with E-state index in [0.717, 1.165) is 5.69 Å². The first-order valence-corrected chi connectivity index (χ1v) is 7.21. The van der Waals surface area contributed by atoms with Crippen LogP contribution in [-0.2, 0) is 4.79 Å². The minimum Gasteiger partial charge on any atom is -0.480 e. The number of aliphatic carboxylic acids is 1. The largest absolute Gasteiger partial charge is 0.480 e. The Hall–Kier alpha value is -2.57. The molecule has 0 aromatic carbocycles. The summed E-state index contributed by atoms with van der Waals surface area (Å²) < 4.78 is 6.90. The van der Waals surface area contributed by atoms with Gasteiger partial charge in [-0.05, 0) is 40.7 Å². The number of likely N-dealkylation sites (N-methyl/N-ethyl adjacent to an activating group) is 1. The molecule has 1 amide bonds. The van der Waals surface area contributed by atoms with Gasteiger partial charge in [0.1, 0.15) is 11.3 Å². The highest BCUT2D eigenvalue weighted by Gasteiger charge is 2.36. The number of carbonyl (C=O) groups is 2. The number of carboxylic acids is 1. The molecule has 2 heterocycles. The predicted molar refractivity (Wildman–Crippen MR) is 83.8 cm³/mol. The van der Waals surface area contributed by atoms with Gasteiger partial charge in [-0.1, -0.05) is 5.16 Å². The summed E-state index contributed by atoms with van der Waals surface area (Å²) in [5.74, 6) is -0.146. The number of carbonyl (C=O) groups excluding carboxylic acids is 1. The third-order valence-electron chi connectivity index (χ3n) is 4.17. The van der Waals surface area contributed by atoms with Crippen molar-refractivity contribution in [2.45, 2.75) is 40.2 Å². The SMILES string of the molecule is Cc1cc(-n2c(C)cc(C(=O)N(C)C(C)(C)C(=O)O)c2C)no1. The number of amides is 1. The standard InChI is InChI=1S/C16H21N3O4/c1-9-7-12(14(20)18(6)16(4,5)15(21)22)11(3)19(9)13-8-10(2)23-17-13/h7-8H,1-6H3,(H,21,22). The highest BCUT2D eigenvalue weighted by Crippen LogP contribution is 2.24. The zero-order valence-electron chi connectivity index (χ0n) is 14.2. The molecule has 124 valence electrons. The molecular weight excluding hydrogens is 298 g/mol. The lowest BCUT2D eigenvalue weighted by molar-refractivity contribution is -0.147. The van der Waals surface area contributed by atoms with Crippen molar-refractivity contribution in [3.05, 3.63) is 34.8 Å². The molecule has 2 rings (SSSR count). The molecule has 0 atom stereocenters. The van der Waals surface area contributed by atoms with Crippen molar-refractivity contribution in [2.75, 3.05) is 7.05 Å². The van der Waals surface area contributed by atoms with Gasteiger partial charge in [-0.2, -0.15) is 0 Å². The zero-order valence-corrected chi connectivity index (χ0v) is 14.2. The maximum Gasteiger partial charge on any atom is 0.329 e. The third-order valence-corrected chi connectivity index (χ3v) is 4.17. The molecule has 0 bridgehead atoms. The van der Waals surface area contributed by atoms with Crippen LogP contribution in [0, 0.1) is 20.8 Å². The van der Waals surface area contributed by atoms with Crippen LogP contribution < -0.4 is 0 Å². The van der Waals surface area contributed by atoms with Crippen LogP contribution in [-0.4, -0.2) is 44.2 Å². The van der Waals surface area contributed by atoms with E-state index in [0.29, 0.717) is 22.8 Å². The molecule has 0 aliphatic rings. The van der Waals surface area contributed by atoms with Gasteiger partial charge in [0.2, 0.25) is 0 Å². The van der Waals surface area contributed by atoms with Crippen molar-refractivity contribution >= 4 is 11.9 Å². The normalized spacial score (nSPS) is 11.6. The highest BCUT2D eigenvalue weighted by molar-refractivity contribution is 5.98.